The minimum Gasteiger partial charge on any atom is -0.325 e. The van der Waals surface area contributed by atoms with Crippen molar-refractivity contribution in [2.24, 2.45) is 0 Å². The number of Topliss-reactive ketones (excluding diaryl/α,β-unsaturated/α-hetero) is 1. The van der Waals surface area contributed by atoms with Gasteiger partial charge in [0, 0.05) is 11.3 Å². The largest absolute Gasteiger partial charge is 0.325 e. The number of aryl methyl sites for hydroxylation is 2. The first-order chi connectivity index (χ1) is 11.2. The molecule has 0 radical (unpaired) electrons. The van der Waals surface area contributed by atoms with Crippen molar-refractivity contribution in [3.63, 3.8) is 0 Å². The monoisotopic (exact) mass is 346 g/mol. The summed E-state index contributed by atoms with van der Waals surface area (Å²) >= 11 is 0. The van der Waals surface area contributed by atoms with Gasteiger partial charge in [0.15, 0.2) is 5.78 Å². The number of aromatic nitrogens is 1. The molecule has 24 heavy (non-hydrogen) atoms. The number of carbonyl (C=O) groups is 1. The Hall–Kier alpha value is -2.76. The molecule has 0 bridgehead atoms. The molecule has 0 fully saturated rings. The van der Waals surface area contributed by atoms with Gasteiger partial charge in [-0.05, 0) is 32.0 Å². The number of nitrogens with one attached hydrogen (secondary N) is 1. The minimum absolute atomic E-state index is 0.0326. The van der Waals surface area contributed by atoms with Gasteiger partial charge in [-0.3, -0.25) is 13.8 Å². The average molecular weight is 346 g/mol. The fourth-order valence-corrected chi connectivity index (χ4v) is 2.85. The number of ketones is 1. The molecule has 8 heteroatoms. The molecule has 0 unspecified atom stereocenters. The van der Waals surface area contributed by atoms with E-state index < -0.39 is 28.1 Å². The van der Waals surface area contributed by atoms with E-state index in [1.807, 2.05) is 6.92 Å². The predicted molar refractivity (Wildman–Crippen MR) is 85.2 cm³/mol. The fourth-order valence-electron chi connectivity index (χ4n) is 1.98. The highest BCUT2D eigenvalue weighted by atomic mass is 32.2. The number of rotatable bonds is 5. The molecule has 1 heterocycles. The molecule has 0 aliphatic carbocycles. The number of aromatic amines is 1. The normalized spacial score (nSPS) is 11.0. The van der Waals surface area contributed by atoms with E-state index in [4.69, 9.17) is 9.44 Å². The molecule has 0 saturated carbocycles. The molecule has 1 aromatic carbocycles. The predicted octanol–water partition coefficient (Wildman–Crippen LogP) is 1.45. The number of nitriles is 1. The van der Waals surface area contributed by atoms with Crippen molar-refractivity contribution >= 4 is 15.9 Å². The van der Waals surface area contributed by atoms with Crippen LogP contribution in [0.15, 0.2) is 40.0 Å². The van der Waals surface area contributed by atoms with Crippen LogP contribution in [-0.2, 0) is 14.3 Å². The van der Waals surface area contributed by atoms with E-state index in [9.17, 15) is 18.0 Å². The Morgan fingerprint density at radius 2 is 1.88 bits per heavy atom. The lowest BCUT2D eigenvalue weighted by atomic mass is 10.1. The molecule has 2 aromatic rings. The van der Waals surface area contributed by atoms with E-state index in [2.05, 4.69) is 4.98 Å². The van der Waals surface area contributed by atoms with E-state index in [-0.39, 0.29) is 21.7 Å². The Morgan fingerprint density at radius 1 is 1.25 bits per heavy atom. The quantitative estimate of drug-likeness (QED) is 0.647. The van der Waals surface area contributed by atoms with Crippen LogP contribution in [0, 0.1) is 25.2 Å². The molecule has 7 nitrogen and oxygen atoms in total. The molecule has 0 spiro atoms. The summed E-state index contributed by atoms with van der Waals surface area (Å²) in [5, 5.41) is 8.84. The molecule has 2 rings (SSSR count). The highest BCUT2D eigenvalue weighted by Gasteiger charge is 2.19. The summed E-state index contributed by atoms with van der Waals surface area (Å²) in [4.78, 5) is 25.9. The Labute approximate surface area is 138 Å². The number of hydrogen-bond acceptors (Lipinski definition) is 6. The SMILES string of the molecule is Cc1ccc(S(=O)(=O)OCC(=O)c2cc(C#N)c(=O)[nH]c2C)cc1. The Balaban J connectivity index is 2.21. The molecule has 1 N–H and O–H groups in total. The van der Waals surface area contributed by atoms with Gasteiger partial charge in [-0.15, -0.1) is 0 Å². The van der Waals surface area contributed by atoms with Crippen LogP contribution in [0.25, 0.3) is 0 Å². The molecule has 0 aliphatic rings. The van der Waals surface area contributed by atoms with Gasteiger partial charge >= 0.3 is 0 Å². The summed E-state index contributed by atoms with van der Waals surface area (Å²) in [7, 11) is -4.07. The van der Waals surface area contributed by atoms with E-state index >= 15 is 0 Å². The molecule has 0 aliphatic heterocycles. The first-order valence-corrected chi connectivity index (χ1v) is 8.29. The van der Waals surface area contributed by atoms with Crippen molar-refractivity contribution < 1.29 is 17.4 Å². The lowest BCUT2D eigenvalue weighted by Gasteiger charge is -2.07. The van der Waals surface area contributed by atoms with Gasteiger partial charge < -0.3 is 4.98 Å². The van der Waals surface area contributed by atoms with Gasteiger partial charge in [0.05, 0.1) is 4.90 Å². The third-order valence-electron chi connectivity index (χ3n) is 3.31. The van der Waals surface area contributed by atoms with Crippen LogP contribution in [0.5, 0.6) is 0 Å². The second-order valence-corrected chi connectivity index (χ2v) is 6.73. The standard InChI is InChI=1S/C16H14N2O5S/c1-10-3-5-13(6-4-10)24(21,22)23-9-15(19)14-7-12(8-17)16(20)18-11(14)2/h3-7H,9H2,1-2H3,(H,18,20). The maximum atomic E-state index is 12.2. The van der Waals surface area contributed by atoms with Gasteiger partial charge in [0.2, 0.25) is 0 Å². The number of pyridine rings is 1. The second kappa shape index (κ2) is 6.78. The zero-order valence-corrected chi connectivity index (χ0v) is 13.8. The molecule has 1 aromatic heterocycles. The summed E-state index contributed by atoms with van der Waals surface area (Å²) in [5.41, 5.74) is 0.314. The van der Waals surface area contributed by atoms with E-state index in [0.717, 1.165) is 11.6 Å². The number of H-pyrrole nitrogens is 1. The maximum Gasteiger partial charge on any atom is 0.297 e. The van der Waals surface area contributed by atoms with E-state index in [0.29, 0.717) is 0 Å². The van der Waals surface area contributed by atoms with Crippen LogP contribution in [-0.4, -0.2) is 25.8 Å². The second-order valence-electron chi connectivity index (χ2n) is 5.12. The fraction of sp³-hybridized carbons (Fsp3) is 0.188. The van der Waals surface area contributed by atoms with Crippen LogP contribution in [0.2, 0.25) is 0 Å². The minimum atomic E-state index is -4.07. The van der Waals surface area contributed by atoms with Gasteiger partial charge in [-0.2, -0.15) is 13.7 Å². The lowest BCUT2D eigenvalue weighted by Crippen LogP contribution is -2.20. The number of benzene rings is 1. The Kier molecular flexibility index (Phi) is 4.97. The highest BCUT2D eigenvalue weighted by molar-refractivity contribution is 7.86. The molecule has 124 valence electrons. The van der Waals surface area contributed by atoms with Gasteiger partial charge in [0.25, 0.3) is 15.7 Å². The topological polar surface area (TPSA) is 117 Å². The van der Waals surface area contributed by atoms with Gasteiger partial charge in [0.1, 0.15) is 18.2 Å². The third kappa shape index (κ3) is 3.76. The number of hydrogen-bond donors (Lipinski definition) is 1. The molecule has 0 amide bonds. The van der Waals surface area contributed by atoms with Crippen molar-refractivity contribution in [3.8, 4) is 6.07 Å². The zero-order valence-electron chi connectivity index (χ0n) is 13.0. The summed E-state index contributed by atoms with van der Waals surface area (Å²) in [5.74, 6) is -0.657. The number of nitrogens with zero attached hydrogens (tertiary/aromatic N) is 1. The van der Waals surface area contributed by atoms with Crippen LogP contribution in [0.4, 0.5) is 0 Å². The van der Waals surface area contributed by atoms with Gasteiger partial charge in [-0.1, -0.05) is 17.7 Å². The molecular formula is C16H14N2O5S. The smallest absolute Gasteiger partial charge is 0.297 e. The van der Waals surface area contributed by atoms with Crippen LogP contribution in [0.3, 0.4) is 0 Å². The van der Waals surface area contributed by atoms with Crippen molar-refractivity contribution in [3.05, 3.63) is 63.1 Å². The lowest BCUT2D eigenvalue weighted by molar-refractivity contribution is 0.0923. The summed E-state index contributed by atoms with van der Waals surface area (Å²) in [6, 6.07) is 8.78. The van der Waals surface area contributed by atoms with Crippen LogP contribution < -0.4 is 5.56 Å². The van der Waals surface area contributed by atoms with E-state index in [1.54, 1.807) is 18.2 Å². The Bertz CT molecular complexity index is 983. The third-order valence-corrected chi connectivity index (χ3v) is 4.59. The maximum absolute atomic E-state index is 12.2. The molecule has 0 saturated heterocycles. The van der Waals surface area contributed by atoms with Crippen molar-refractivity contribution in [1.82, 2.24) is 4.98 Å². The van der Waals surface area contributed by atoms with Crippen LogP contribution in [0.1, 0.15) is 27.2 Å². The summed E-state index contributed by atoms with van der Waals surface area (Å²) in [6.45, 7) is 2.56. The van der Waals surface area contributed by atoms with Crippen molar-refractivity contribution in [1.29, 1.82) is 5.26 Å². The molecule has 0 atom stereocenters. The zero-order chi connectivity index (χ0) is 17.9. The Morgan fingerprint density at radius 3 is 2.46 bits per heavy atom. The summed E-state index contributed by atoms with van der Waals surface area (Å²) < 4.78 is 28.9. The molecular weight excluding hydrogens is 332 g/mol. The average Bonchev–Trinajstić information content (AvgIpc) is 2.53. The summed E-state index contributed by atoms with van der Waals surface area (Å²) in [6.07, 6.45) is 0. The van der Waals surface area contributed by atoms with Crippen molar-refractivity contribution in [2.45, 2.75) is 18.7 Å². The van der Waals surface area contributed by atoms with E-state index in [1.165, 1.54) is 19.1 Å². The highest BCUT2D eigenvalue weighted by Crippen LogP contribution is 2.14. The first kappa shape index (κ1) is 17.6. The van der Waals surface area contributed by atoms with Crippen molar-refractivity contribution in [2.75, 3.05) is 6.61 Å². The van der Waals surface area contributed by atoms with Crippen LogP contribution >= 0.6 is 0 Å². The van der Waals surface area contributed by atoms with Gasteiger partial charge in [-0.25, -0.2) is 0 Å². The first-order valence-electron chi connectivity index (χ1n) is 6.88. The number of carbonyl (C=O) groups excluding carboxylic acids is 1.